The Morgan fingerprint density at radius 3 is 2.74 bits per heavy atom. The summed E-state index contributed by atoms with van der Waals surface area (Å²) in [5.74, 6) is 1.74. The Bertz CT molecular complexity index is 1220. The van der Waals surface area contributed by atoms with Crippen molar-refractivity contribution in [3.05, 3.63) is 83.8 Å². The SMILES string of the molecule is Cc1occc1-c1nnc(SCC(=O)N[C@@H]2CCc3ccccc32)n1-c1ccccc1. The van der Waals surface area contributed by atoms with Crippen LogP contribution < -0.4 is 5.32 Å². The molecule has 1 N–H and O–H groups in total. The summed E-state index contributed by atoms with van der Waals surface area (Å²) in [7, 11) is 0. The van der Waals surface area contributed by atoms with Crippen molar-refractivity contribution in [3.8, 4) is 17.1 Å². The molecule has 0 unspecified atom stereocenters. The summed E-state index contributed by atoms with van der Waals surface area (Å²) in [6, 6.07) is 20.2. The Morgan fingerprint density at radius 1 is 1.13 bits per heavy atom. The van der Waals surface area contributed by atoms with E-state index < -0.39 is 0 Å². The first-order valence-corrected chi connectivity index (χ1v) is 11.2. The monoisotopic (exact) mass is 430 g/mol. The molecule has 2 aromatic carbocycles. The molecule has 0 fully saturated rings. The first-order valence-electron chi connectivity index (χ1n) is 10.3. The minimum absolute atomic E-state index is 0.00430. The molecule has 2 heterocycles. The number of rotatable bonds is 6. The molecule has 1 atom stereocenters. The number of aromatic nitrogens is 3. The van der Waals surface area contributed by atoms with Gasteiger partial charge in [-0.2, -0.15) is 0 Å². The summed E-state index contributed by atoms with van der Waals surface area (Å²) < 4.78 is 7.44. The molecule has 1 aliphatic rings. The maximum Gasteiger partial charge on any atom is 0.230 e. The van der Waals surface area contributed by atoms with E-state index in [2.05, 4.69) is 33.7 Å². The van der Waals surface area contributed by atoms with Crippen molar-refractivity contribution in [3.63, 3.8) is 0 Å². The summed E-state index contributed by atoms with van der Waals surface area (Å²) in [5, 5.41) is 12.6. The number of benzene rings is 2. The van der Waals surface area contributed by atoms with Gasteiger partial charge in [0.1, 0.15) is 5.76 Å². The summed E-state index contributed by atoms with van der Waals surface area (Å²) in [5.41, 5.74) is 4.38. The van der Waals surface area contributed by atoms with E-state index in [9.17, 15) is 4.79 Å². The summed E-state index contributed by atoms with van der Waals surface area (Å²) >= 11 is 1.39. The number of hydrogen-bond acceptors (Lipinski definition) is 5. The van der Waals surface area contributed by atoms with E-state index in [4.69, 9.17) is 4.42 Å². The minimum atomic E-state index is -0.00430. The highest BCUT2D eigenvalue weighted by molar-refractivity contribution is 7.99. The Hall–Kier alpha value is -3.32. The highest BCUT2D eigenvalue weighted by Gasteiger charge is 2.24. The van der Waals surface area contributed by atoms with Gasteiger partial charge in [0.05, 0.1) is 23.6 Å². The van der Waals surface area contributed by atoms with Crippen molar-refractivity contribution >= 4 is 17.7 Å². The molecule has 31 heavy (non-hydrogen) atoms. The standard InChI is InChI=1S/C24H22N4O2S/c1-16-19(13-14-30-16)23-26-27-24(28(23)18-8-3-2-4-9-18)31-15-22(29)25-21-12-11-17-7-5-6-10-20(17)21/h2-10,13-14,21H,11-12,15H2,1H3,(H,25,29)/t21-/m1/s1. The van der Waals surface area contributed by atoms with Crippen molar-refractivity contribution in [2.75, 3.05) is 5.75 Å². The van der Waals surface area contributed by atoms with Gasteiger partial charge < -0.3 is 9.73 Å². The van der Waals surface area contributed by atoms with Crippen LogP contribution in [0.15, 0.2) is 76.5 Å². The van der Waals surface area contributed by atoms with E-state index >= 15 is 0 Å². The third-order valence-electron chi connectivity index (χ3n) is 5.55. The zero-order valence-corrected chi connectivity index (χ0v) is 17.9. The number of carbonyl (C=O) groups is 1. The van der Waals surface area contributed by atoms with Gasteiger partial charge >= 0.3 is 0 Å². The van der Waals surface area contributed by atoms with Crippen LogP contribution in [0.25, 0.3) is 17.1 Å². The van der Waals surface area contributed by atoms with E-state index in [0.29, 0.717) is 11.0 Å². The molecule has 156 valence electrons. The minimum Gasteiger partial charge on any atom is -0.469 e. The van der Waals surface area contributed by atoms with Crippen molar-refractivity contribution in [1.29, 1.82) is 0 Å². The van der Waals surface area contributed by atoms with E-state index in [-0.39, 0.29) is 17.7 Å². The molecule has 0 saturated heterocycles. The van der Waals surface area contributed by atoms with Crippen LogP contribution in [0.2, 0.25) is 0 Å². The van der Waals surface area contributed by atoms with Gasteiger partial charge in [0, 0.05) is 5.69 Å². The molecule has 4 aromatic rings. The number of furan rings is 1. The van der Waals surface area contributed by atoms with E-state index in [1.807, 2.05) is 54.0 Å². The lowest BCUT2D eigenvalue weighted by atomic mass is 10.1. The number of carbonyl (C=O) groups excluding carboxylic acids is 1. The largest absolute Gasteiger partial charge is 0.469 e. The third-order valence-corrected chi connectivity index (χ3v) is 6.48. The maximum atomic E-state index is 12.7. The molecule has 0 aliphatic heterocycles. The van der Waals surface area contributed by atoms with Crippen LogP contribution in [0.3, 0.4) is 0 Å². The van der Waals surface area contributed by atoms with Crippen molar-refractivity contribution in [1.82, 2.24) is 20.1 Å². The van der Waals surface area contributed by atoms with Crippen LogP contribution in [-0.2, 0) is 11.2 Å². The number of amides is 1. The lowest BCUT2D eigenvalue weighted by Crippen LogP contribution is -2.28. The molecule has 6 nitrogen and oxygen atoms in total. The van der Waals surface area contributed by atoms with Gasteiger partial charge in [0.25, 0.3) is 0 Å². The van der Waals surface area contributed by atoms with Gasteiger partial charge in [0.15, 0.2) is 11.0 Å². The first kappa shape index (κ1) is 19.6. The van der Waals surface area contributed by atoms with Gasteiger partial charge in [-0.25, -0.2) is 0 Å². The molecule has 0 radical (unpaired) electrons. The van der Waals surface area contributed by atoms with Crippen molar-refractivity contribution in [2.45, 2.75) is 31.0 Å². The lowest BCUT2D eigenvalue weighted by molar-refractivity contribution is -0.119. The second-order valence-corrected chi connectivity index (χ2v) is 8.46. The fourth-order valence-corrected chi connectivity index (χ4v) is 4.80. The average molecular weight is 431 g/mol. The lowest BCUT2D eigenvalue weighted by Gasteiger charge is -2.14. The normalized spacial score (nSPS) is 15.1. The molecular formula is C24H22N4O2S. The zero-order chi connectivity index (χ0) is 21.2. The van der Waals surface area contributed by atoms with Crippen LogP contribution in [0.1, 0.15) is 29.3 Å². The smallest absolute Gasteiger partial charge is 0.230 e. The predicted molar refractivity (Wildman–Crippen MR) is 120 cm³/mol. The summed E-state index contributed by atoms with van der Waals surface area (Å²) in [6.45, 7) is 1.90. The van der Waals surface area contributed by atoms with Gasteiger partial charge in [-0.1, -0.05) is 54.2 Å². The predicted octanol–water partition coefficient (Wildman–Crippen LogP) is 4.73. The first-order chi connectivity index (χ1) is 15.2. The van der Waals surface area contributed by atoms with E-state index in [0.717, 1.165) is 29.9 Å². The second-order valence-electron chi connectivity index (χ2n) is 7.51. The van der Waals surface area contributed by atoms with Gasteiger partial charge in [-0.05, 0) is 49.1 Å². The van der Waals surface area contributed by atoms with Gasteiger partial charge in [-0.15, -0.1) is 10.2 Å². The van der Waals surface area contributed by atoms with E-state index in [1.54, 1.807) is 6.26 Å². The number of hydrogen-bond donors (Lipinski definition) is 1. The van der Waals surface area contributed by atoms with E-state index in [1.165, 1.54) is 22.9 Å². The van der Waals surface area contributed by atoms with Crippen LogP contribution in [0.5, 0.6) is 0 Å². The van der Waals surface area contributed by atoms with Crippen LogP contribution in [-0.4, -0.2) is 26.4 Å². The number of nitrogens with one attached hydrogen (secondary N) is 1. The Labute approximate surface area is 184 Å². The molecule has 0 bridgehead atoms. The molecule has 1 amide bonds. The molecule has 0 spiro atoms. The quantitative estimate of drug-likeness (QED) is 0.448. The molecule has 5 rings (SSSR count). The van der Waals surface area contributed by atoms with Gasteiger partial charge in [0.2, 0.25) is 5.91 Å². The van der Waals surface area contributed by atoms with Crippen LogP contribution >= 0.6 is 11.8 Å². The molecular weight excluding hydrogens is 408 g/mol. The number of aryl methyl sites for hydroxylation is 2. The summed E-state index contributed by atoms with van der Waals surface area (Å²) in [6.07, 6.45) is 3.60. The molecule has 7 heteroatoms. The number of para-hydroxylation sites is 1. The Morgan fingerprint density at radius 2 is 1.94 bits per heavy atom. The summed E-state index contributed by atoms with van der Waals surface area (Å²) in [4.78, 5) is 12.7. The molecule has 0 saturated carbocycles. The molecule has 1 aliphatic carbocycles. The fourth-order valence-electron chi connectivity index (χ4n) is 4.04. The third kappa shape index (κ3) is 3.88. The van der Waals surface area contributed by atoms with Gasteiger partial charge in [-0.3, -0.25) is 9.36 Å². The average Bonchev–Trinajstić information content (AvgIpc) is 3.51. The second kappa shape index (κ2) is 8.43. The number of fused-ring (bicyclic) bond motifs is 1. The van der Waals surface area contributed by atoms with Crippen LogP contribution in [0, 0.1) is 6.92 Å². The Kier molecular flexibility index (Phi) is 5.34. The van der Waals surface area contributed by atoms with Crippen molar-refractivity contribution in [2.24, 2.45) is 0 Å². The number of thioether (sulfide) groups is 1. The van der Waals surface area contributed by atoms with Crippen LogP contribution in [0.4, 0.5) is 0 Å². The number of nitrogens with zero attached hydrogens (tertiary/aromatic N) is 3. The van der Waals surface area contributed by atoms with Crippen molar-refractivity contribution < 1.29 is 9.21 Å². The molecule has 2 aromatic heterocycles. The Balaban J connectivity index is 1.36. The highest BCUT2D eigenvalue weighted by Crippen LogP contribution is 2.32. The topological polar surface area (TPSA) is 72.9 Å². The zero-order valence-electron chi connectivity index (χ0n) is 17.1. The fraction of sp³-hybridized carbons (Fsp3) is 0.208. The maximum absolute atomic E-state index is 12.7. The highest BCUT2D eigenvalue weighted by atomic mass is 32.2.